The van der Waals surface area contributed by atoms with E-state index in [4.69, 9.17) is 0 Å². The summed E-state index contributed by atoms with van der Waals surface area (Å²) < 4.78 is 65.9. The van der Waals surface area contributed by atoms with Crippen molar-refractivity contribution in [3.05, 3.63) is 58.1 Å². The molecule has 9 nitrogen and oxygen atoms in total. The molecule has 2 aromatic rings. The SMILES string of the molecule is CCN(CC)S(=O)(=O)c1ccc(N(C)CC(=O)Nc2ccccc2C(F)(F)F)c([N+](=O)[O-])c1. The molecule has 33 heavy (non-hydrogen) atoms. The number of carbonyl (C=O) groups is 1. The van der Waals surface area contributed by atoms with Crippen molar-refractivity contribution in [2.75, 3.05) is 36.9 Å². The molecule has 2 rings (SSSR count). The third-order valence-corrected chi connectivity index (χ3v) is 6.83. The van der Waals surface area contributed by atoms with Gasteiger partial charge in [0, 0.05) is 26.2 Å². The van der Waals surface area contributed by atoms with E-state index >= 15 is 0 Å². The summed E-state index contributed by atoms with van der Waals surface area (Å²) in [5.74, 6) is -0.844. The number of nitrogens with one attached hydrogen (secondary N) is 1. The van der Waals surface area contributed by atoms with Crippen LogP contribution < -0.4 is 10.2 Å². The van der Waals surface area contributed by atoms with Gasteiger partial charge in [0.05, 0.1) is 27.6 Å². The summed E-state index contributed by atoms with van der Waals surface area (Å²) in [7, 11) is -2.63. The van der Waals surface area contributed by atoms with Crippen LogP contribution in [0.1, 0.15) is 19.4 Å². The molecule has 0 aliphatic heterocycles. The Kier molecular flexibility index (Phi) is 8.03. The van der Waals surface area contributed by atoms with E-state index < -0.39 is 50.5 Å². The fraction of sp³-hybridized carbons (Fsp3) is 0.350. The summed E-state index contributed by atoms with van der Waals surface area (Å²) in [6.45, 7) is 3.09. The lowest BCUT2D eigenvalue weighted by molar-refractivity contribution is -0.384. The molecule has 0 heterocycles. The zero-order valence-electron chi connectivity index (χ0n) is 18.1. The van der Waals surface area contributed by atoms with Crippen LogP contribution in [0.5, 0.6) is 0 Å². The summed E-state index contributed by atoms with van der Waals surface area (Å²) in [6, 6.07) is 7.69. The number of nitro groups is 1. The number of benzene rings is 2. The lowest BCUT2D eigenvalue weighted by Gasteiger charge is -2.21. The highest BCUT2D eigenvalue weighted by Crippen LogP contribution is 2.35. The van der Waals surface area contributed by atoms with Crippen LogP contribution in [0.2, 0.25) is 0 Å². The Morgan fingerprint density at radius 3 is 2.27 bits per heavy atom. The highest BCUT2D eigenvalue weighted by molar-refractivity contribution is 7.89. The molecule has 0 aliphatic carbocycles. The first-order valence-corrected chi connectivity index (χ1v) is 11.2. The molecular formula is C20H23F3N4O5S. The minimum Gasteiger partial charge on any atom is -0.360 e. The number of nitro benzene ring substituents is 1. The number of anilines is 2. The second kappa shape index (κ2) is 10.2. The van der Waals surface area contributed by atoms with Crippen molar-refractivity contribution in [3.63, 3.8) is 0 Å². The third-order valence-electron chi connectivity index (χ3n) is 4.79. The van der Waals surface area contributed by atoms with Gasteiger partial charge in [-0.05, 0) is 24.3 Å². The fourth-order valence-corrected chi connectivity index (χ4v) is 4.65. The highest BCUT2D eigenvalue weighted by Gasteiger charge is 2.34. The maximum Gasteiger partial charge on any atom is 0.418 e. The third kappa shape index (κ3) is 5.99. The molecule has 0 radical (unpaired) electrons. The summed E-state index contributed by atoms with van der Waals surface area (Å²) in [4.78, 5) is 24.0. The van der Waals surface area contributed by atoms with E-state index in [1.165, 1.54) is 31.3 Å². The smallest absolute Gasteiger partial charge is 0.360 e. The van der Waals surface area contributed by atoms with E-state index in [9.17, 15) is 36.5 Å². The number of amides is 1. The maximum absolute atomic E-state index is 13.1. The predicted octanol–water partition coefficient (Wildman–Crippen LogP) is 3.72. The molecule has 0 fully saturated rings. The summed E-state index contributed by atoms with van der Waals surface area (Å²) >= 11 is 0. The van der Waals surface area contributed by atoms with Gasteiger partial charge in [-0.3, -0.25) is 14.9 Å². The molecule has 0 spiro atoms. The summed E-state index contributed by atoms with van der Waals surface area (Å²) in [5, 5.41) is 13.8. The Balaban J connectivity index is 2.31. The molecule has 0 bridgehead atoms. The average Bonchev–Trinajstić information content (AvgIpc) is 2.73. The number of hydrogen-bond acceptors (Lipinski definition) is 6. The monoisotopic (exact) mass is 488 g/mol. The molecule has 1 N–H and O–H groups in total. The van der Waals surface area contributed by atoms with Crippen molar-refractivity contribution in [2.24, 2.45) is 0 Å². The number of sulfonamides is 1. The quantitative estimate of drug-likeness (QED) is 0.425. The van der Waals surface area contributed by atoms with Gasteiger partial charge < -0.3 is 10.2 Å². The van der Waals surface area contributed by atoms with Crippen molar-refractivity contribution in [1.29, 1.82) is 0 Å². The lowest BCUT2D eigenvalue weighted by atomic mass is 10.1. The Bertz CT molecular complexity index is 1130. The molecular weight excluding hydrogens is 465 g/mol. The van der Waals surface area contributed by atoms with Crippen LogP contribution in [0.4, 0.5) is 30.2 Å². The van der Waals surface area contributed by atoms with E-state index in [1.54, 1.807) is 13.8 Å². The van der Waals surface area contributed by atoms with Crippen LogP contribution in [-0.2, 0) is 21.0 Å². The topological polar surface area (TPSA) is 113 Å². The molecule has 0 atom stereocenters. The number of likely N-dealkylation sites (N-methyl/N-ethyl adjacent to an activating group) is 1. The largest absolute Gasteiger partial charge is 0.418 e. The molecule has 2 aromatic carbocycles. The van der Waals surface area contributed by atoms with Crippen LogP contribution in [0.15, 0.2) is 47.4 Å². The minimum atomic E-state index is -4.68. The van der Waals surface area contributed by atoms with Gasteiger partial charge in [0.2, 0.25) is 15.9 Å². The average molecular weight is 488 g/mol. The Labute approximate surface area is 189 Å². The first-order chi connectivity index (χ1) is 15.3. The van der Waals surface area contributed by atoms with E-state index in [0.717, 1.165) is 27.4 Å². The van der Waals surface area contributed by atoms with Crippen LogP contribution >= 0.6 is 0 Å². The predicted molar refractivity (Wildman–Crippen MR) is 117 cm³/mol. The van der Waals surface area contributed by atoms with Crippen LogP contribution in [0, 0.1) is 10.1 Å². The number of alkyl halides is 3. The summed E-state index contributed by atoms with van der Waals surface area (Å²) in [6.07, 6.45) is -4.68. The summed E-state index contributed by atoms with van der Waals surface area (Å²) in [5.41, 5.74) is -2.11. The van der Waals surface area contributed by atoms with E-state index in [2.05, 4.69) is 5.32 Å². The van der Waals surface area contributed by atoms with Crippen molar-refractivity contribution in [3.8, 4) is 0 Å². The number of nitrogens with zero attached hydrogens (tertiary/aromatic N) is 3. The Hall–Kier alpha value is -3.19. The number of carbonyl (C=O) groups excluding carboxylic acids is 1. The zero-order valence-corrected chi connectivity index (χ0v) is 18.9. The van der Waals surface area contributed by atoms with Crippen LogP contribution in [-0.4, -0.2) is 50.2 Å². The van der Waals surface area contributed by atoms with Crippen LogP contribution in [0.25, 0.3) is 0 Å². The molecule has 180 valence electrons. The normalized spacial score (nSPS) is 12.0. The number of halogens is 3. The van der Waals surface area contributed by atoms with Crippen molar-refractivity contribution >= 4 is 33.0 Å². The minimum absolute atomic E-state index is 0.0715. The van der Waals surface area contributed by atoms with Gasteiger partial charge in [-0.1, -0.05) is 26.0 Å². The van der Waals surface area contributed by atoms with E-state index in [0.29, 0.717) is 0 Å². The zero-order chi connectivity index (χ0) is 25.0. The first-order valence-electron chi connectivity index (χ1n) is 9.78. The van der Waals surface area contributed by atoms with Gasteiger partial charge in [-0.15, -0.1) is 0 Å². The van der Waals surface area contributed by atoms with Crippen molar-refractivity contribution in [1.82, 2.24) is 4.31 Å². The Morgan fingerprint density at radius 2 is 1.73 bits per heavy atom. The number of rotatable bonds is 9. The van der Waals surface area contributed by atoms with Gasteiger partial charge in [0.15, 0.2) is 0 Å². The first kappa shape index (κ1) is 26.1. The Morgan fingerprint density at radius 1 is 1.12 bits per heavy atom. The second-order valence-corrected chi connectivity index (χ2v) is 8.88. The van der Waals surface area contributed by atoms with Gasteiger partial charge in [-0.25, -0.2) is 8.42 Å². The van der Waals surface area contributed by atoms with Gasteiger partial charge in [0.25, 0.3) is 5.69 Å². The van der Waals surface area contributed by atoms with E-state index in [-0.39, 0.29) is 23.7 Å². The van der Waals surface area contributed by atoms with Crippen molar-refractivity contribution in [2.45, 2.75) is 24.9 Å². The molecule has 13 heteroatoms. The van der Waals surface area contributed by atoms with Gasteiger partial charge >= 0.3 is 6.18 Å². The molecule has 0 aromatic heterocycles. The standard InChI is InChI=1S/C20H23F3N4O5S/c1-4-26(5-2)33(31,32)14-10-11-17(18(12-14)27(29)30)25(3)13-19(28)24-16-9-7-6-8-15(16)20(21,22)23/h6-12H,4-5,13H2,1-3H3,(H,24,28). The molecule has 0 unspecified atom stereocenters. The molecule has 0 saturated heterocycles. The van der Waals surface area contributed by atoms with Crippen LogP contribution in [0.3, 0.4) is 0 Å². The van der Waals surface area contributed by atoms with Gasteiger partial charge in [-0.2, -0.15) is 17.5 Å². The van der Waals surface area contributed by atoms with Crippen molar-refractivity contribution < 1.29 is 31.3 Å². The number of hydrogen-bond donors (Lipinski definition) is 1. The van der Waals surface area contributed by atoms with Gasteiger partial charge in [0.1, 0.15) is 5.69 Å². The fourth-order valence-electron chi connectivity index (χ4n) is 3.17. The van der Waals surface area contributed by atoms with E-state index in [1.807, 2.05) is 0 Å². The highest BCUT2D eigenvalue weighted by atomic mass is 32.2. The molecule has 0 aliphatic rings. The second-order valence-electron chi connectivity index (χ2n) is 6.94. The molecule has 1 amide bonds. The number of para-hydroxylation sites is 1. The maximum atomic E-state index is 13.1. The molecule has 0 saturated carbocycles. The lowest BCUT2D eigenvalue weighted by Crippen LogP contribution is -2.32.